The third kappa shape index (κ3) is 2.96. The monoisotopic (exact) mass is 196 g/mol. The molecule has 14 heavy (non-hydrogen) atoms. The van der Waals surface area contributed by atoms with Gasteiger partial charge in [-0.2, -0.15) is 0 Å². The van der Waals surface area contributed by atoms with Crippen LogP contribution in [0.5, 0.6) is 0 Å². The molecule has 2 fully saturated rings. The van der Waals surface area contributed by atoms with Crippen molar-refractivity contribution in [2.45, 2.75) is 51.0 Å². The first kappa shape index (κ1) is 10.4. The van der Waals surface area contributed by atoms with Gasteiger partial charge in [-0.3, -0.25) is 0 Å². The Balaban J connectivity index is 1.52. The lowest BCUT2D eigenvalue weighted by atomic mass is 9.79. The minimum absolute atomic E-state index is 0.614. The average molecular weight is 196 g/mol. The van der Waals surface area contributed by atoms with E-state index < -0.39 is 0 Å². The van der Waals surface area contributed by atoms with Crippen molar-refractivity contribution in [3.63, 3.8) is 0 Å². The maximum absolute atomic E-state index is 5.78. The fourth-order valence-corrected chi connectivity index (χ4v) is 2.37. The molecule has 0 saturated heterocycles. The third-order valence-corrected chi connectivity index (χ3v) is 3.87. The molecule has 1 atom stereocenters. The van der Waals surface area contributed by atoms with Crippen LogP contribution in [0.25, 0.3) is 0 Å². The van der Waals surface area contributed by atoms with Gasteiger partial charge in [-0.05, 0) is 44.1 Å². The van der Waals surface area contributed by atoms with Gasteiger partial charge in [0.1, 0.15) is 0 Å². The molecule has 2 rings (SSSR count). The number of rotatable bonds is 7. The first-order valence-corrected chi connectivity index (χ1v) is 6.33. The Hall–Kier alpha value is -0.0800. The van der Waals surface area contributed by atoms with Crippen LogP contribution in [0.15, 0.2) is 0 Å². The lowest BCUT2D eigenvalue weighted by Gasteiger charge is -2.33. The molecule has 0 aromatic carbocycles. The van der Waals surface area contributed by atoms with Crippen molar-refractivity contribution < 1.29 is 0 Å². The number of hydrogen-bond acceptors (Lipinski definition) is 2. The second kappa shape index (κ2) is 5.13. The average Bonchev–Trinajstić information content (AvgIpc) is 2.90. The normalized spacial score (nSPS) is 24.6. The number of nitrogens with two attached hydrogens (primary N) is 1. The third-order valence-electron chi connectivity index (χ3n) is 3.87. The van der Waals surface area contributed by atoms with E-state index in [2.05, 4.69) is 5.32 Å². The first-order valence-electron chi connectivity index (χ1n) is 6.33. The van der Waals surface area contributed by atoms with E-state index in [-0.39, 0.29) is 0 Å². The number of nitrogens with one attached hydrogen (secondary N) is 1. The Labute approximate surface area is 87.6 Å². The van der Waals surface area contributed by atoms with Crippen molar-refractivity contribution in [2.24, 2.45) is 17.6 Å². The van der Waals surface area contributed by atoms with Gasteiger partial charge in [0.15, 0.2) is 0 Å². The molecule has 3 N–H and O–H groups in total. The molecule has 0 aromatic heterocycles. The van der Waals surface area contributed by atoms with Crippen molar-refractivity contribution in [2.75, 3.05) is 13.1 Å². The summed E-state index contributed by atoms with van der Waals surface area (Å²) in [5.74, 6) is 1.97. The smallest absolute Gasteiger partial charge is 0.0218 e. The summed E-state index contributed by atoms with van der Waals surface area (Å²) in [6.45, 7) is 2.02. The van der Waals surface area contributed by atoms with Crippen molar-refractivity contribution in [1.29, 1.82) is 0 Å². The summed E-state index contributed by atoms with van der Waals surface area (Å²) < 4.78 is 0. The minimum atomic E-state index is 0.614. The van der Waals surface area contributed by atoms with Crippen molar-refractivity contribution in [3.05, 3.63) is 0 Å². The van der Waals surface area contributed by atoms with Crippen molar-refractivity contribution >= 4 is 0 Å². The van der Waals surface area contributed by atoms with Crippen LogP contribution in [0.3, 0.4) is 0 Å². The zero-order chi connectivity index (χ0) is 9.80. The Kier molecular flexibility index (Phi) is 3.82. The predicted octanol–water partition coefficient (Wildman–Crippen LogP) is 1.89. The van der Waals surface area contributed by atoms with Gasteiger partial charge >= 0.3 is 0 Å². The van der Waals surface area contributed by atoms with E-state index in [1.54, 1.807) is 0 Å². The van der Waals surface area contributed by atoms with Gasteiger partial charge in [-0.1, -0.05) is 19.3 Å². The lowest BCUT2D eigenvalue weighted by Crippen LogP contribution is -2.45. The van der Waals surface area contributed by atoms with Gasteiger partial charge in [-0.25, -0.2) is 0 Å². The minimum Gasteiger partial charge on any atom is -0.329 e. The second-order valence-electron chi connectivity index (χ2n) is 5.07. The van der Waals surface area contributed by atoms with E-state index in [1.165, 1.54) is 51.5 Å². The zero-order valence-corrected chi connectivity index (χ0v) is 9.17. The Morgan fingerprint density at radius 3 is 2.50 bits per heavy atom. The molecular weight excluding hydrogens is 172 g/mol. The van der Waals surface area contributed by atoms with E-state index in [9.17, 15) is 0 Å². The van der Waals surface area contributed by atoms with Crippen LogP contribution >= 0.6 is 0 Å². The van der Waals surface area contributed by atoms with Crippen LogP contribution in [0.4, 0.5) is 0 Å². The Bertz CT molecular complexity index is 162. The molecule has 2 aliphatic carbocycles. The van der Waals surface area contributed by atoms with Gasteiger partial charge in [0.05, 0.1) is 0 Å². The fraction of sp³-hybridized carbons (Fsp3) is 1.00. The fourth-order valence-electron chi connectivity index (χ4n) is 2.37. The molecule has 2 heteroatoms. The van der Waals surface area contributed by atoms with E-state index in [0.29, 0.717) is 6.04 Å². The van der Waals surface area contributed by atoms with Crippen molar-refractivity contribution in [1.82, 2.24) is 5.32 Å². The highest BCUT2D eigenvalue weighted by molar-refractivity contribution is 4.83. The predicted molar refractivity (Wildman–Crippen MR) is 60.1 cm³/mol. The van der Waals surface area contributed by atoms with Gasteiger partial charge in [0.25, 0.3) is 0 Å². The highest BCUT2D eigenvalue weighted by Crippen LogP contribution is 2.33. The first-order chi connectivity index (χ1) is 6.90. The van der Waals surface area contributed by atoms with Gasteiger partial charge < -0.3 is 11.1 Å². The molecule has 0 aromatic rings. The van der Waals surface area contributed by atoms with Gasteiger partial charge in [-0.15, -0.1) is 0 Å². The maximum atomic E-state index is 5.78. The van der Waals surface area contributed by atoms with Crippen LogP contribution in [0.1, 0.15) is 44.9 Å². The molecular formula is C12H24N2. The molecule has 2 saturated carbocycles. The Morgan fingerprint density at radius 1 is 1.21 bits per heavy atom. The molecule has 0 radical (unpaired) electrons. The second-order valence-corrected chi connectivity index (χ2v) is 5.07. The summed E-state index contributed by atoms with van der Waals surface area (Å²) in [7, 11) is 0. The van der Waals surface area contributed by atoms with Crippen molar-refractivity contribution in [3.8, 4) is 0 Å². The summed E-state index contributed by atoms with van der Waals surface area (Å²) in [5.41, 5.74) is 5.78. The van der Waals surface area contributed by atoms with E-state index in [0.717, 1.165) is 18.4 Å². The molecule has 82 valence electrons. The molecule has 0 spiro atoms. The molecule has 1 unspecified atom stereocenters. The Morgan fingerprint density at radius 2 is 2.00 bits per heavy atom. The highest BCUT2D eigenvalue weighted by atomic mass is 14.9. The summed E-state index contributed by atoms with van der Waals surface area (Å²) in [5, 5.41) is 3.63. The maximum Gasteiger partial charge on any atom is 0.0218 e. The molecule has 2 nitrogen and oxygen atoms in total. The van der Waals surface area contributed by atoms with Gasteiger partial charge in [0.2, 0.25) is 0 Å². The van der Waals surface area contributed by atoms with Gasteiger partial charge in [0, 0.05) is 12.6 Å². The molecule has 0 amide bonds. The summed E-state index contributed by atoms with van der Waals surface area (Å²) in [6.07, 6.45) is 9.99. The molecule has 2 aliphatic rings. The molecule has 0 aliphatic heterocycles. The van der Waals surface area contributed by atoms with E-state index >= 15 is 0 Å². The summed E-state index contributed by atoms with van der Waals surface area (Å²) in [6, 6.07) is 0.614. The number of hydrogen-bond donors (Lipinski definition) is 2. The van der Waals surface area contributed by atoms with Crippen LogP contribution in [0, 0.1) is 11.8 Å². The van der Waals surface area contributed by atoms with Crippen LogP contribution in [-0.2, 0) is 0 Å². The standard InChI is InChI=1S/C12H24N2/c13-9-12(11-4-1-5-11)14-8-2-3-10-6-7-10/h10-12,14H,1-9,13H2. The van der Waals surface area contributed by atoms with Crippen LogP contribution in [-0.4, -0.2) is 19.1 Å². The summed E-state index contributed by atoms with van der Waals surface area (Å²) in [4.78, 5) is 0. The lowest BCUT2D eigenvalue weighted by molar-refractivity contribution is 0.232. The quantitative estimate of drug-likeness (QED) is 0.610. The highest BCUT2D eigenvalue weighted by Gasteiger charge is 2.26. The SMILES string of the molecule is NCC(NCCCC1CC1)C1CCC1. The van der Waals surface area contributed by atoms with Crippen LogP contribution < -0.4 is 11.1 Å². The molecule has 0 heterocycles. The van der Waals surface area contributed by atoms with E-state index in [4.69, 9.17) is 5.73 Å². The summed E-state index contributed by atoms with van der Waals surface area (Å²) >= 11 is 0. The topological polar surface area (TPSA) is 38.0 Å². The zero-order valence-electron chi connectivity index (χ0n) is 9.17. The van der Waals surface area contributed by atoms with E-state index in [1.807, 2.05) is 0 Å². The van der Waals surface area contributed by atoms with Crippen LogP contribution in [0.2, 0.25) is 0 Å². The molecule has 0 bridgehead atoms. The largest absolute Gasteiger partial charge is 0.329 e.